The Kier molecular flexibility index (Phi) is 4.69. The van der Waals surface area contributed by atoms with Crippen LogP contribution in [0.3, 0.4) is 0 Å². The number of benzene rings is 2. The number of amides is 3. The molecule has 0 radical (unpaired) electrons. The molecule has 1 fully saturated rings. The van der Waals surface area contributed by atoms with Gasteiger partial charge in [-0.05, 0) is 37.3 Å². The number of carbonyl (C=O) groups excluding carboxylic acids is 3. The summed E-state index contributed by atoms with van der Waals surface area (Å²) < 4.78 is 16.2. The molecule has 154 valence electrons. The first-order chi connectivity index (χ1) is 14.4. The van der Waals surface area contributed by atoms with Gasteiger partial charge in [-0.15, -0.1) is 0 Å². The van der Waals surface area contributed by atoms with Crippen LogP contribution in [0.15, 0.2) is 52.9 Å². The van der Waals surface area contributed by atoms with Gasteiger partial charge in [0.05, 0.1) is 20.8 Å². The SMILES string of the molecule is COc1ccc(C(=O)CN2C(=O)NC(C)(c3cc4ccccc4o3)C2=O)cc1OC. The molecule has 3 amide bonds. The van der Waals surface area contributed by atoms with E-state index in [0.29, 0.717) is 28.4 Å². The molecule has 1 N–H and O–H groups in total. The fourth-order valence-electron chi connectivity index (χ4n) is 3.48. The number of urea groups is 1. The lowest BCUT2D eigenvalue weighted by molar-refractivity contribution is -0.131. The largest absolute Gasteiger partial charge is 0.493 e. The Balaban J connectivity index is 1.59. The monoisotopic (exact) mass is 408 g/mol. The van der Waals surface area contributed by atoms with Crippen molar-refractivity contribution in [1.29, 1.82) is 0 Å². The van der Waals surface area contributed by atoms with E-state index in [1.807, 2.05) is 18.2 Å². The smallest absolute Gasteiger partial charge is 0.325 e. The molecule has 0 saturated carbocycles. The van der Waals surface area contributed by atoms with Crippen molar-refractivity contribution in [3.8, 4) is 11.5 Å². The van der Waals surface area contributed by atoms with Crippen LogP contribution in [-0.4, -0.2) is 43.4 Å². The number of rotatable bonds is 6. The Bertz CT molecular complexity index is 1130. The summed E-state index contributed by atoms with van der Waals surface area (Å²) in [5.41, 5.74) is -0.491. The molecule has 8 nitrogen and oxygen atoms in total. The van der Waals surface area contributed by atoms with Crippen LogP contribution in [0, 0.1) is 0 Å². The van der Waals surface area contributed by atoms with Crippen LogP contribution in [0.2, 0.25) is 0 Å². The minimum Gasteiger partial charge on any atom is -0.493 e. The Morgan fingerprint density at radius 3 is 2.50 bits per heavy atom. The fourth-order valence-corrected chi connectivity index (χ4v) is 3.48. The Hall–Kier alpha value is -3.81. The Morgan fingerprint density at radius 2 is 1.80 bits per heavy atom. The number of ether oxygens (including phenoxy) is 2. The number of hydrogen-bond donors (Lipinski definition) is 1. The van der Waals surface area contributed by atoms with E-state index in [1.54, 1.807) is 31.2 Å². The maximum Gasteiger partial charge on any atom is 0.325 e. The van der Waals surface area contributed by atoms with Gasteiger partial charge < -0.3 is 19.2 Å². The first-order valence-corrected chi connectivity index (χ1v) is 9.26. The van der Waals surface area contributed by atoms with E-state index in [2.05, 4.69) is 5.32 Å². The molecule has 1 aromatic heterocycles. The van der Waals surface area contributed by atoms with Gasteiger partial charge in [0.1, 0.15) is 11.3 Å². The minimum atomic E-state index is -1.39. The summed E-state index contributed by atoms with van der Waals surface area (Å²) in [6.45, 7) is 1.15. The number of furan rings is 1. The number of methoxy groups -OCH3 is 2. The standard InChI is InChI=1S/C22H20N2O6/c1-22(19-11-14-6-4-5-7-16(14)30-19)20(26)24(21(27)23-22)12-15(25)13-8-9-17(28-2)18(10-13)29-3/h4-11H,12H2,1-3H3,(H,23,27). The summed E-state index contributed by atoms with van der Waals surface area (Å²) >= 11 is 0. The van der Waals surface area contributed by atoms with Crippen molar-refractivity contribution in [1.82, 2.24) is 10.2 Å². The van der Waals surface area contributed by atoms with Crippen LogP contribution in [0.4, 0.5) is 4.79 Å². The summed E-state index contributed by atoms with van der Waals surface area (Å²) in [5.74, 6) is 0.200. The molecule has 30 heavy (non-hydrogen) atoms. The van der Waals surface area contributed by atoms with Gasteiger partial charge in [0.2, 0.25) is 0 Å². The van der Waals surface area contributed by atoms with Gasteiger partial charge in [-0.25, -0.2) is 4.79 Å². The van der Waals surface area contributed by atoms with Crippen LogP contribution >= 0.6 is 0 Å². The molecule has 2 aromatic carbocycles. The zero-order chi connectivity index (χ0) is 21.5. The lowest BCUT2D eigenvalue weighted by Crippen LogP contribution is -2.41. The second-order valence-corrected chi connectivity index (χ2v) is 7.09. The van der Waals surface area contributed by atoms with Gasteiger partial charge >= 0.3 is 6.03 Å². The van der Waals surface area contributed by atoms with Crippen LogP contribution < -0.4 is 14.8 Å². The first-order valence-electron chi connectivity index (χ1n) is 9.26. The number of hydrogen-bond acceptors (Lipinski definition) is 6. The number of imide groups is 1. The van der Waals surface area contributed by atoms with Crippen molar-refractivity contribution >= 4 is 28.7 Å². The van der Waals surface area contributed by atoms with Crippen LogP contribution in [0.5, 0.6) is 11.5 Å². The maximum absolute atomic E-state index is 13.1. The second-order valence-electron chi connectivity index (χ2n) is 7.09. The summed E-state index contributed by atoms with van der Waals surface area (Å²) in [5, 5.41) is 3.47. The van der Waals surface area contributed by atoms with E-state index in [-0.39, 0.29) is 0 Å². The van der Waals surface area contributed by atoms with Crippen molar-refractivity contribution in [3.63, 3.8) is 0 Å². The topological polar surface area (TPSA) is 98.1 Å². The zero-order valence-corrected chi connectivity index (χ0v) is 16.7. The quantitative estimate of drug-likeness (QED) is 0.497. The molecule has 1 unspecified atom stereocenters. The number of ketones is 1. The van der Waals surface area contributed by atoms with E-state index in [4.69, 9.17) is 13.9 Å². The molecule has 0 bridgehead atoms. The molecule has 1 aliphatic rings. The second kappa shape index (κ2) is 7.22. The van der Waals surface area contributed by atoms with Crippen molar-refractivity contribution in [2.24, 2.45) is 0 Å². The van der Waals surface area contributed by atoms with Crippen molar-refractivity contribution < 1.29 is 28.3 Å². The third-order valence-electron chi connectivity index (χ3n) is 5.20. The zero-order valence-electron chi connectivity index (χ0n) is 16.7. The average molecular weight is 408 g/mol. The number of carbonyl (C=O) groups is 3. The molecule has 0 spiro atoms. The highest BCUT2D eigenvalue weighted by Gasteiger charge is 2.51. The highest BCUT2D eigenvalue weighted by Crippen LogP contribution is 2.33. The summed E-state index contributed by atoms with van der Waals surface area (Å²) in [6, 6.07) is 13.0. The molecule has 1 aliphatic heterocycles. The van der Waals surface area contributed by atoms with E-state index >= 15 is 0 Å². The summed E-state index contributed by atoms with van der Waals surface area (Å²) in [4.78, 5) is 39.3. The number of nitrogens with zero attached hydrogens (tertiary/aromatic N) is 1. The van der Waals surface area contributed by atoms with Gasteiger partial charge in [-0.1, -0.05) is 18.2 Å². The third kappa shape index (κ3) is 3.06. The Morgan fingerprint density at radius 1 is 1.07 bits per heavy atom. The lowest BCUT2D eigenvalue weighted by Gasteiger charge is -2.19. The molecule has 1 atom stereocenters. The van der Waals surface area contributed by atoms with E-state index < -0.39 is 29.8 Å². The van der Waals surface area contributed by atoms with E-state index in [9.17, 15) is 14.4 Å². The van der Waals surface area contributed by atoms with Crippen LogP contribution in [0.25, 0.3) is 11.0 Å². The van der Waals surface area contributed by atoms with Crippen molar-refractivity contribution in [2.75, 3.05) is 20.8 Å². The summed E-state index contributed by atoms with van der Waals surface area (Å²) in [7, 11) is 2.95. The van der Waals surface area contributed by atoms with Crippen LogP contribution in [-0.2, 0) is 10.3 Å². The van der Waals surface area contributed by atoms with E-state index in [0.717, 1.165) is 10.3 Å². The normalized spacial score (nSPS) is 18.6. The predicted molar refractivity (Wildman–Crippen MR) is 108 cm³/mol. The number of nitrogens with one attached hydrogen (secondary N) is 1. The van der Waals surface area contributed by atoms with Gasteiger partial charge in [0.15, 0.2) is 22.8 Å². The Labute approximate surface area is 172 Å². The molecular weight excluding hydrogens is 388 g/mol. The molecular formula is C22H20N2O6. The van der Waals surface area contributed by atoms with Gasteiger partial charge in [-0.2, -0.15) is 0 Å². The number of Topliss-reactive ketones (excluding diaryl/α,β-unsaturated/α-hetero) is 1. The maximum atomic E-state index is 13.1. The average Bonchev–Trinajstić information content (AvgIpc) is 3.29. The number of para-hydroxylation sites is 1. The molecule has 2 heterocycles. The van der Waals surface area contributed by atoms with Gasteiger partial charge in [-0.3, -0.25) is 14.5 Å². The van der Waals surface area contributed by atoms with Crippen molar-refractivity contribution in [2.45, 2.75) is 12.5 Å². The lowest BCUT2D eigenvalue weighted by atomic mass is 9.98. The summed E-state index contributed by atoms with van der Waals surface area (Å²) in [6.07, 6.45) is 0. The van der Waals surface area contributed by atoms with Gasteiger partial charge in [0.25, 0.3) is 5.91 Å². The molecule has 4 rings (SSSR count). The molecule has 0 aliphatic carbocycles. The third-order valence-corrected chi connectivity index (χ3v) is 5.20. The van der Waals surface area contributed by atoms with Gasteiger partial charge in [0, 0.05) is 10.9 Å². The van der Waals surface area contributed by atoms with E-state index in [1.165, 1.54) is 20.3 Å². The predicted octanol–water partition coefficient (Wildman–Crippen LogP) is 3.10. The minimum absolute atomic E-state index is 0.297. The molecule has 1 saturated heterocycles. The van der Waals surface area contributed by atoms with Crippen LogP contribution in [0.1, 0.15) is 23.0 Å². The molecule has 8 heteroatoms. The highest BCUT2D eigenvalue weighted by atomic mass is 16.5. The fraction of sp³-hybridized carbons (Fsp3) is 0.227. The first kappa shape index (κ1) is 19.5. The van der Waals surface area contributed by atoms with Crippen molar-refractivity contribution in [3.05, 3.63) is 59.9 Å². The molecule has 3 aromatic rings. The highest BCUT2D eigenvalue weighted by molar-refractivity contribution is 6.11. The number of fused-ring (bicyclic) bond motifs is 1.